The molecule has 0 spiro atoms. The van der Waals surface area contributed by atoms with Gasteiger partial charge in [0.2, 0.25) is 0 Å². The number of hydrogen-bond acceptors (Lipinski definition) is 1. The first-order chi connectivity index (χ1) is 4.84. The highest BCUT2D eigenvalue weighted by atomic mass is 79.9. The van der Waals surface area contributed by atoms with E-state index in [1.54, 1.807) is 11.3 Å². The minimum atomic E-state index is 0.835. The van der Waals surface area contributed by atoms with E-state index in [1.807, 2.05) is 23.6 Å². The summed E-state index contributed by atoms with van der Waals surface area (Å²) >= 11 is 10.8. The standard InChI is InChI=1S/C7H6BrClS/c8-4-1-2-7-6(9)3-5-10-7/h1-3,5H,4H2. The molecule has 1 aromatic heterocycles. The Morgan fingerprint density at radius 3 is 3.00 bits per heavy atom. The van der Waals surface area contributed by atoms with Gasteiger partial charge >= 0.3 is 0 Å². The molecule has 0 aromatic carbocycles. The van der Waals surface area contributed by atoms with Gasteiger partial charge in [0.1, 0.15) is 0 Å². The van der Waals surface area contributed by atoms with Crippen LogP contribution in [0.3, 0.4) is 0 Å². The molecule has 0 saturated heterocycles. The third kappa shape index (κ3) is 2.11. The summed E-state index contributed by atoms with van der Waals surface area (Å²) in [6.45, 7) is 0. The predicted octanol–water partition coefficient (Wildman–Crippen LogP) is 3.81. The quantitative estimate of drug-likeness (QED) is 0.686. The highest BCUT2D eigenvalue weighted by Crippen LogP contribution is 2.23. The maximum atomic E-state index is 5.82. The second-order valence-electron chi connectivity index (χ2n) is 1.69. The van der Waals surface area contributed by atoms with Gasteiger partial charge in [-0.3, -0.25) is 0 Å². The smallest absolute Gasteiger partial charge is 0.0586 e. The zero-order valence-electron chi connectivity index (χ0n) is 5.18. The van der Waals surface area contributed by atoms with Crippen molar-refractivity contribution in [1.82, 2.24) is 0 Å². The summed E-state index contributed by atoms with van der Waals surface area (Å²) in [5.41, 5.74) is 0. The number of halogens is 2. The summed E-state index contributed by atoms with van der Waals surface area (Å²) < 4.78 is 0. The average molecular weight is 238 g/mol. The average Bonchev–Trinajstić information content (AvgIpc) is 2.31. The monoisotopic (exact) mass is 236 g/mol. The highest BCUT2D eigenvalue weighted by molar-refractivity contribution is 9.09. The van der Waals surface area contributed by atoms with Crippen molar-refractivity contribution in [3.63, 3.8) is 0 Å². The lowest BCUT2D eigenvalue weighted by atomic mass is 10.4. The number of hydrogen-bond donors (Lipinski definition) is 0. The van der Waals surface area contributed by atoms with Crippen molar-refractivity contribution in [1.29, 1.82) is 0 Å². The van der Waals surface area contributed by atoms with Crippen molar-refractivity contribution in [2.24, 2.45) is 0 Å². The van der Waals surface area contributed by atoms with E-state index in [0.29, 0.717) is 0 Å². The van der Waals surface area contributed by atoms with Gasteiger partial charge in [0.15, 0.2) is 0 Å². The summed E-state index contributed by atoms with van der Waals surface area (Å²) in [6, 6.07) is 1.90. The molecule has 1 rings (SSSR count). The Hall–Kier alpha value is 0.210. The van der Waals surface area contributed by atoms with E-state index in [9.17, 15) is 0 Å². The second-order valence-corrected chi connectivity index (χ2v) is 3.69. The van der Waals surface area contributed by atoms with E-state index in [1.165, 1.54) is 0 Å². The SMILES string of the molecule is Clc1ccsc1C=CCBr. The first-order valence-electron chi connectivity index (χ1n) is 2.80. The molecule has 3 heteroatoms. The van der Waals surface area contributed by atoms with E-state index in [-0.39, 0.29) is 0 Å². The molecule has 0 N–H and O–H groups in total. The molecule has 1 aromatic rings. The number of rotatable bonds is 2. The molecule has 0 unspecified atom stereocenters. The van der Waals surface area contributed by atoms with E-state index in [4.69, 9.17) is 11.6 Å². The van der Waals surface area contributed by atoms with E-state index in [0.717, 1.165) is 15.2 Å². The molecule has 0 fully saturated rings. The van der Waals surface area contributed by atoms with E-state index in [2.05, 4.69) is 15.9 Å². The van der Waals surface area contributed by atoms with Crippen LogP contribution >= 0.6 is 38.9 Å². The Morgan fingerprint density at radius 1 is 1.70 bits per heavy atom. The van der Waals surface area contributed by atoms with Crippen molar-refractivity contribution in [3.05, 3.63) is 27.4 Å². The Bertz CT molecular complexity index is 229. The molecule has 0 atom stereocenters. The Morgan fingerprint density at radius 2 is 2.50 bits per heavy atom. The zero-order valence-corrected chi connectivity index (χ0v) is 8.34. The third-order valence-electron chi connectivity index (χ3n) is 1.00. The Kier molecular flexibility index (Phi) is 3.46. The fourth-order valence-corrected chi connectivity index (χ4v) is 1.80. The van der Waals surface area contributed by atoms with Crippen LogP contribution in [0, 0.1) is 0 Å². The molecular formula is C7H6BrClS. The molecule has 0 aliphatic rings. The normalized spacial score (nSPS) is 11.0. The van der Waals surface area contributed by atoms with Gasteiger partial charge in [0.05, 0.1) is 5.02 Å². The van der Waals surface area contributed by atoms with Crippen molar-refractivity contribution in [3.8, 4) is 0 Å². The van der Waals surface area contributed by atoms with E-state index >= 15 is 0 Å². The summed E-state index contributed by atoms with van der Waals surface area (Å²) in [6.07, 6.45) is 4.04. The highest BCUT2D eigenvalue weighted by Gasteiger charge is 1.94. The number of thiophene rings is 1. The number of allylic oxidation sites excluding steroid dienone is 1. The maximum Gasteiger partial charge on any atom is 0.0586 e. The minimum absolute atomic E-state index is 0.835. The van der Waals surface area contributed by atoms with Gasteiger partial charge in [0, 0.05) is 10.2 Å². The predicted molar refractivity (Wildman–Crippen MR) is 52.2 cm³/mol. The molecule has 1 heterocycles. The molecule has 0 aliphatic carbocycles. The fraction of sp³-hybridized carbons (Fsp3) is 0.143. The lowest BCUT2D eigenvalue weighted by Gasteiger charge is -1.83. The van der Waals surface area contributed by atoms with Crippen molar-refractivity contribution in [2.45, 2.75) is 0 Å². The largest absolute Gasteiger partial charge is 0.143 e. The lowest BCUT2D eigenvalue weighted by Crippen LogP contribution is -1.61. The molecule has 0 aliphatic heterocycles. The van der Waals surface area contributed by atoms with Crippen LogP contribution in [0.5, 0.6) is 0 Å². The molecule has 0 saturated carbocycles. The van der Waals surface area contributed by atoms with Crippen LogP contribution in [0.2, 0.25) is 5.02 Å². The minimum Gasteiger partial charge on any atom is -0.143 e. The van der Waals surface area contributed by atoms with Gasteiger partial charge in [-0.15, -0.1) is 11.3 Å². The fourth-order valence-electron chi connectivity index (χ4n) is 0.576. The van der Waals surface area contributed by atoms with E-state index < -0.39 is 0 Å². The zero-order chi connectivity index (χ0) is 7.40. The van der Waals surface area contributed by atoms with Crippen molar-refractivity contribution >= 4 is 44.9 Å². The molecule has 0 radical (unpaired) electrons. The van der Waals surface area contributed by atoms with Gasteiger partial charge in [-0.2, -0.15) is 0 Å². The van der Waals surface area contributed by atoms with Gasteiger partial charge in [-0.1, -0.05) is 33.6 Å². The van der Waals surface area contributed by atoms with Gasteiger partial charge in [0.25, 0.3) is 0 Å². The summed E-state index contributed by atoms with van der Waals surface area (Å²) in [5, 5.41) is 3.69. The van der Waals surface area contributed by atoms with Crippen molar-refractivity contribution in [2.75, 3.05) is 5.33 Å². The van der Waals surface area contributed by atoms with Crippen LogP contribution < -0.4 is 0 Å². The molecular weight excluding hydrogens is 232 g/mol. The van der Waals surface area contributed by atoms with Crippen LogP contribution in [0.4, 0.5) is 0 Å². The maximum absolute atomic E-state index is 5.82. The first kappa shape index (κ1) is 8.31. The van der Waals surface area contributed by atoms with Crippen LogP contribution in [0.1, 0.15) is 4.88 Å². The van der Waals surface area contributed by atoms with Crippen LogP contribution in [0.25, 0.3) is 6.08 Å². The molecule has 54 valence electrons. The van der Waals surface area contributed by atoms with Crippen LogP contribution in [0.15, 0.2) is 17.5 Å². The molecule has 0 amide bonds. The third-order valence-corrected chi connectivity index (χ3v) is 2.70. The second kappa shape index (κ2) is 4.16. The van der Waals surface area contributed by atoms with Gasteiger partial charge in [-0.05, 0) is 17.5 Å². The topological polar surface area (TPSA) is 0 Å². The lowest BCUT2D eigenvalue weighted by molar-refractivity contribution is 1.84. The number of alkyl halides is 1. The Balaban J connectivity index is 2.74. The summed E-state index contributed by atoms with van der Waals surface area (Å²) in [4.78, 5) is 1.13. The Labute approximate surface area is 77.6 Å². The van der Waals surface area contributed by atoms with Gasteiger partial charge < -0.3 is 0 Å². The molecule has 10 heavy (non-hydrogen) atoms. The molecule has 0 nitrogen and oxygen atoms in total. The summed E-state index contributed by atoms with van der Waals surface area (Å²) in [5.74, 6) is 0. The van der Waals surface area contributed by atoms with Crippen LogP contribution in [-0.4, -0.2) is 5.33 Å². The molecule has 0 bridgehead atoms. The van der Waals surface area contributed by atoms with Crippen LogP contribution in [-0.2, 0) is 0 Å². The van der Waals surface area contributed by atoms with Crippen molar-refractivity contribution < 1.29 is 0 Å². The first-order valence-corrected chi connectivity index (χ1v) is 5.18. The summed E-state index contributed by atoms with van der Waals surface area (Å²) in [7, 11) is 0. The van der Waals surface area contributed by atoms with Gasteiger partial charge in [-0.25, -0.2) is 0 Å².